The van der Waals surface area contributed by atoms with Gasteiger partial charge in [0.1, 0.15) is 5.69 Å². The summed E-state index contributed by atoms with van der Waals surface area (Å²) in [6.45, 7) is 0.465. The maximum absolute atomic E-state index is 13.5. The molecule has 4 rings (SSSR count). The van der Waals surface area contributed by atoms with Crippen LogP contribution in [0.25, 0.3) is 10.8 Å². The highest BCUT2D eigenvalue weighted by Crippen LogP contribution is 2.21. The van der Waals surface area contributed by atoms with E-state index in [9.17, 15) is 9.59 Å². The van der Waals surface area contributed by atoms with E-state index in [4.69, 9.17) is 0 Å². The molecule has 2 aromatic carbocycles. The fourth-order valence-electron chi connectivity index (χ4n) is 4.10. The lowest BCUT2D eigenvalue weighted by molar-refractivity contribution is 0.0724. The van der Waals surface area contributed by atoms with Gasteiger partial charge >= 0.3 is 0 Å². The number of nitrogens with zero attached hydrogens (tertiary/aromatic N) is 3. The van der Waals surface area contributed by atoms with Crippen LogP contribution in [0.4, 0.5) is 0 Å². The third kappa shape index (κ3) is 5.12. The zero-order valence-electron chi connectivity index (χ0n) is 18.9. The van der Waals surface area contributed by atoms with Crippen LogP contribution in [0.15, 0.2) is 85.3 Å². The van der Waals surface area contributed by atoms with Gasteiger partial charge in [0.25, 0.3) is 11.8 Å². The molecule has 0 saturated heterocycles. The molecule has 1 atom stereocenters. The summed E-state index contributed by atoms with van der Waals surface area (Å²) < 4.78 is 1.79. The number of carbonyl (C=O) groups excluding carboxylic acids is 2. The Balaban J connectivity index is 1.52. The van der Waals surface area contributed by atoms with Crippen LogP contribution in [0, 0.1) is 0 Å². The van der Waals surface area contributed by atoms with Crippen molar-refractivity contribution in [3.63, 3.8) is 0 Å². The molecule has 0 bridgehead atoms. The van der Waals surface area contributed by atoms with Crippen LogP contribution in [0.3, 0.4) is 0 Å². The predicted molar refractivity (Wildman–Crippen MR) is 130 cm³/mol. The minimum atomic E-state index is -0.117. The number of rotatable bonds is 8. The molecule has 6 nitrogen and oxygen atoms in total. The summed E-state index contributed by atoms with van der Waals surface area (Å²) in [5.74, 6) is -0.192. The van der Waals surface area contributed by atoms with Gasteiger partial charge in [-0.3, -0.25) is 14.6 Å². The SMILES string of the molecule is CN(C(=O)c1cncc2ccccc12)C(CCNC(=O)c1cccn1C)Cc1ccccc1. The molecule has 2 heterocycles. The van der Waals surface area contributed by atoms with Gasteiger partial charge in [-0.05, 0) is 35.9 Å². The van der Waals surface area contributed by atoms with Crippen LogP contribution in [0.1, 0.15) is 32.8 Å². The Hall–Kier alpha value is -3.93. The fourth-order valence-corrected chi connectivity index (χ4v) is 4.10. The number of hydrogen-bond acceptors (Lipinski definition) is 3. The number of aryl methyl sites for hydroxylation is 1. The summed E-state index contributed by atoms with van der Waals surface area (Å²) in [6, 6.07) is 21.4. The topological polar surface area (TPSA) is 67.2 Å². The van der Waals surface area contributed by atoms with Gasteiger partial charge in [0.05, 0.1) is 5.56 Å². The van der Waals surface area contributed by atoms with Crippen molar-refractivity contribution in [2.45, 2.75) is 18.9 Å². The molecule has 2 amide bonds. The van der Waals surface area contributed by atoms with Crippen molar-refractivity contribution in [3.8, 4) is 0 Å². The first-order valence-corrected chi connectivity index (χ1v) is 11.1. The van der Waals surface area contributed by atoms with Gasteiger partial charge in [-0.25, -0.2) is 0 Å². The second-order valence-corrected chi connectivity index (χ2v) is 8.22. The number of benzene rings is 2. The summed E-state index contributed by atoms with van der Waals surface area (Å²) in [5.41, 5.74) is 2.34. The zero-order valence-corrected chi connectivity index (χ0v) is 18.9. The van der Waals surface area contributed by atoms with Crippen LogP contribution >= 0.6 is 0 Å². The molecular weight excluding hydrogens is 412 g/mol. The van der Waals surface area contributed by atoms with Crippen molar-refractivity contribution in [3.05, 3.63) is 102 Å². The summed E-state index contributed by atoms with van der Waals surface area (Å²) in [6.07, 6.45) is 6.58. The molecule has 4 aromatic rings. The predicted octanol–water partition coefficient (Wildman–Crippen LogP) is 4.08. The maximum atomic E-state index is 13.5. The zero-order chi connectivity index (χ0) is 23.2. The maximum Gasteiger partial charge on any atom is 0.267 e. The summed E-state index contributed by atoms with van der Waals surface area (Å²) in [5, 5.41) is 4.82. The van der Waals surface area contributed by atoms with Crippen molar-refractivity contribution in [1.82, 2.24) is 19.8 Å². The lowest BCUT2D eigenvalue weighted by Crippen LogP contribution is -2.41. The molecule has 6 heteroatoms. The van der Waals surface area contributed by atoms with Gasteiger partial charge in [0, 0.05) is 50.7 Å². The van der Waals surface area contributed by atoms with Crippen molar-refractivity contribution in [2.24, 2.45) is 7.05 Å². The molecule has 1 unspecified atom stereocenters. The average molecular weight is 441 g/mol. The van der Waals surface area contributed by atoms with E-state index in [-0.39, 0.29) is 17.9 Å². The quantitative estimate of drug-likeness (QED) is 0.449. The molecule has 0 fully saturated rings. The van der Waals surface area contributed by atoms with Crippen molar-refractivity contribution < 1.29 is 9.59 Å². The minimum Gasteiger partial charge on any atom is -0.351 e. The van der Waals surface area contributed by atoms with Crippen LogP contribution in [0.5, 0.6) is 0 Å². The molecule has 0 radical (unpaired) electrons. The number of hydrogen-bond donors (Lipinski definition) is 1. The van der Waals surface area contributed by atoms with Crippen LogP contribution < -0.4 is 5.32 Å². The number of aromatic nitrogens is 2. The first-order chi connectivity index (χ1) is 16.0. The van der Waals surface area contributed by atoms with Gasteiger partial charge in [-0.1, -0.05) is 54.6 Å². The highest BCUT2D eigenvalue weighted by atomic mass is 16.2. The lowest BCUT2D eigenvalue weighted by Gasteiger charge is -2.29. The Morgan fingerprint density at radius 3 is 2.52 bits per heavy atom. The van der Waals surface area contributed by atoms with Crippen LogP contribution in [-0.2, 0) is 13.5 Å². The number of carbonyl (C=O) groups is 2. The molecule has 0 aliphatic rings. The Labute approximate surface area is 193 Å². The number of likely N-dealkylation sites (N-methyl/N-ethyl adjacent to an activating group) is 1. The van der Waals surface area contributed by atoms with E-state index in [1.54, 1.807) is 27.9 Å². The molecule has 33 heavy (non-hydrogen) atoms. The van der Waals surface area contributed by atoms with Crippen molar-refractivity contribution >= 4 is 22.6 Å². The van der Waals surface area contributed by atoms with E-state index in [1.165, 1.54) is 0 Å². The molecule has 1 N–H and O–H groups in total. The van der Waals surface area contributed by atoms with Crippen LogP contribution in [0.2, 0.25) is 0 Å². The smallest absolute Gasteiger partial charge is 0.267 e. The van der Waals surface area contributed by atoms with Gasteiger partial charge in [-0.15, -0.1) is 0 Å². The highest BCUT2D eigenvalue weighted by molar-refractivity contribution is 6.06. The molecule has 0 aliphatic carbocycles. The molecule has 168 valence electrons. The highest BCUT2D eigenvalue weighted by Gasteiger charge is 2.23. The average Bonchev–Trinajstić information content (AvgIpc) is 3.28. The first kappa shape index (κ1) is 22.3. The number of fused-ring (bicyclic) bond motifs is 1. The van der Waals surface area contributed by atoms with Gasteiger partial charge in [-0.2, -0.15) is 0 Å². The number of amides is 2. The molecule has 0 saturated carbocycles. The fraction of sp³-hybridized carbons (Fsp3) is 0.222. The van der Waals surface area contributed by atoms with Crippen molar-refractivity contribution in [2.75, 3.05) is 13.6 Å². The van der Waals surface area contributed by atoms with Gasteiger partial charge < -0.3 is 14.8 Å². The largest absolute Gasteiger partial charge is 0.351 e. The summed E-state index contributed by atoms with van der Waals surface area (Å²) in [7, 11) is 3.68. The lowest BCUT2D eigenvalue weighted by atomic mass is 10.0. The monoisotopic (exact) mass is 440 g/mol. The van der Waals surface area contributed by atoms with E-state index in [2.05, 4.69) is 22.4 Å². The molecule has 0 aliphatic heterocycles. The second kappa shape index (κ2) is 10.1. The second-order valence-electron chi connectivity index (χ2n) is 8.22. The Morgan fingerprint density at radius 2 is 1.76 bits per heavy atom. The number of pyridine rings is 1. The molecule has 0 spiro atoms. The third-order valence-electron chi connectivity index (χ3n) is 6.02. The Bertz CT molecular complexity index is 1240. The normalized spacial score (nSPS) is 11.8. The number of nitrogens with one attached hydrogen (secondary N) is 1. The van der Waals surface area contributed by atoms with E-state index in [1.807, 2.05) is 68.8 Å². The molecular formula is C27H28N4O2. The minimum absolute atomic E-state index is 0.0750. The Morgan fingerprint density at radius 1 is 1.00 bits per heavy atom. The van der Waals surface area contributed by atoms with E-state index < -0.39 is 0 Å². The van der Waals surface area contributed by atoms with Gasteiger partial charge in [0.2, 0.25) is 0 Å². The summed E-state index contributed by atoms with van der Waals surface area (Å²) in [4.78, 5) is 32.1. The van der Waals surface area contributed by atoms with E-state index in [0.29, 0.717) is 30.6 Å². The van der Waals surface area contributed by atoms with E-state index in [0.717, 1.165) is 16.3 Å². The van der Waals surface area contributed by atoms with Crippen molar-refractivity contribution in [1.29, 1.82) is 0 Å². The Kier molecular flexibility index (Phi) is 6.83. The van der Waals surface area contributed by atoms with Gasteiger partial charge in [0.15, 0.2) is 0 Å². The summed E-state index contributed by atoms with van der Waals surface area (Å²) >= 11 is 0. The third-order valence-corrected chi connectivity index (χ3v) is 6.02. The molecule has 2 aromatic heterocycles. The first-order valence-electron chi connectivity index (χ1n) is 11.1. The van der Waals surface area contributed by atoms with E-state index >= 15 is 0 Å². The standard InChI is InChI=1S/C27H28N4O2/c1-30-16-8-13-25(30)26(32)29-15-14-22(17-20-9-4-3-5-10-20)31(2)27(33)24-19-28-18-21-11-6-7-12-23(21)24/h3-13,16,18-19,22H,14-15,17H2,1-2H3,(H,29,32). The van der Waals surface area contributed by atoms with Crippen LogP contribution in [-0.4, -0.2) is 45.9 Å².